The molecule has 1 aliphatic carbocycles. The summed E-state index contributed by atoms with van der Waals surface area (Å²) >= 11 is 1.74. The van der Waals surface area contributed by atoms with Crippen LogP contribution in [0.3, 0.4) is 0 Å². The minimum atomic E-state index is 0.296. The van der Waals surface area contributed by atoms with Gasteiger partial charge in [-0.1, -0.05) is 0 Å². The lowest BCUT2D eigenvalue weighted by Crippen LogP contribution is -2.30. The number of aromatic nitrogens is 2. The molecule has 0 aromatic carbocycles. The summed E-state index contributed by atoms with van der Waals surface area (Å²) in [6.07, 6.45) is 5.43. The molecule has 0 saturated heterocycles. The zero-order valence-electron chi connectivity index (χ0n) is 11.6. The fourth-order valence-electron chi connectivity index (χ4n) is 2.84. The fourth-order valence-corrected chi connectivity index (χ4v) is 3.84. The molecule has 1 N–H and O–H groups in total. The quantitative estimate of drug-likeness (QED) is 0.935. The van der Waals surface area contributed by atoms with Gasteiger partial charge in [0.15, 0.2) is 0 Å². The molecule has 1 saturated carbocycles. The van der Waals surface area contributed by atoms with Crippen molar-refractivity contribution in [2.45, 2.75) is 45.3 Å². The van der Waals surface area contributed by atoms with Gasteiger partial charge in [0.25, 0.3) is 0 Å². The van der Waals surface area contributed by atoms with Crippen LogP contribution in [0.15, 0.2) is 6.33 Å². The van der Waals surface area contributed by atoms with Gasteiger partial charge < -0.3 is 10.1 Å². The van der Waals surface area contributed by atoms with Crippen LogP contribution >= 0.6 is 11.3 Å². The lowest BCUT2D eigenvalue weighted by atomic mass is 10.1. The van der Waals surface area contributed by atoms with Gasteiger partial charge in [0.1, 0.15) is 17.0 Å². The Labute approximate surface area is 117 Å². The first-order valence-corrected chi connectivity index (χ1v) is 7.52. The van der Waals surface area contributed by atoms with Gasteiger partial charge in [0, 0.05) is 12.0 Å². The van der Waals surface area contributed by atoms with Crippen molar-refractivity contribution in [3.05, 3.63) is 16.8 Å². The monoisotopic (exact) mass is 277 g/mol. The number of fused-ring (bicyclic) bond motifs is 1. The smallest absolute Gasteiger partial charge is 0.138 e. The third-order valence-corrected chi connectivity index (χ3v) is 5.16. The fraction of sp³-hybridized carbons (Fsp3) is 0.571. The van der Waals surface area contributed by atoms with Gasteiger partial charge in [0.2, 0.25) is 0 Å². The molecule has 19 heavy (non-hydrogen) atoms. The Morgan fingerprint density at radius 2 is 2.16 bits per heavy atom. The van der Waals surface area contributed by atoms with Crippen LogP contribution in [0.4, 0.5) is 5.82 Å². The van der Waals surface area contributed by atoms with Gasteiger partial charge in [0.05, 0.1) is 17.5 Å². The molecule has 0 amide bonds. The van der Waals surface area contributed by atoms with Crippen molar-refractivity contribution >= 4 is 27.4 Å². The van der Waals surface area contributed by atoms with Gasteiger partial charge in [-0.3, -0.25) is 0 Å². The largest absolute Gasteiger partial charge is 0.379 e. The van der Waals surface area contributed by atoms with E-state index in [2.05, 4.69) is 29.1 Å². The first-order valence-electron chi connectivity index (χ1n) is 6.70. The van der Waals surface area contributed by atoms with E-state index in [0.29, 0.717) is 12.1 Å². The van der Waals surface area contributed by atoms with Crippen LogP contribution in [0.5, 0.6) is 0 Å². The predicted molar refractivity (Wildman–Crippen MR) is 78.9 cm³/mol. The molecule has 2 unspecified atom stereocenters. The Morgan fingerprint density at radius 3 is 2.95 bits per heavy atom. The van der Waals surface area contributed by atoms with Crippen molar-refractivity contribution in [1.29, 1.82) is 0 Å². The van der Waals surface area contributed by atoms with E-state index < -0.39 is 0 Å². The number of rotatable bonds is 3. The van der Waals surface area contributed by atoms with Gasteiger partial charge in [-0.2, -0.15) is 0 Å². The maximum atomic E-state index is 5.54. The van der Waals surface area contributed by atoms with Gasteiger partial charge in [-0.15, -0.1) is 11.3 Å². The number of ether oxygens (including phenoxy) is 1. The predicted octanol–water partition coefficient (Wildman–Crippen LogP) is 3.29. The minimum Gasteiger partial charge on any atom is -0.379 e. The summed E-state index contributed by atoms with van der Waals surface area (Å²) in [4.78, 5) is 11.2. The van der Waals surface area contributed by atoms with E-state index in [4.69, 9.17) is 4.74 Å². The summed E-state index contributed by atoms with van der Waals surface area (Å²) in [7, 11) is 1.79. The van der Waals surface area contributed by atoms with Gasteiger partial charge in [-0.25, -0.2) is 9.97 Å². The van der Waals surface area contributed by atoms with Crippen LogP contribution in [0.1, 0.15) is 29.7 Å². The highest BCUT2D eigenvalue weighted by Crippen LogP contribution is 2.34. The molecule has 0 spiro atoms. The third-order valence-electron chi connectivity index (χ3n) is 4.04. The van der Waals surface area contributed by atoms with Crippen molar-refractivity contribution in [3.63, 3.8) is 0 Å². The number of nitrogens with one attached hydrogen (secondary N) is 1. The van der Waals surface area contributed by atoms with E-state index in [9.17, 15) is 0 Å². The zero-order chi connectivity index (χ0) is 13.4. The lowest BCUT2D eigenvalue weighted by Gasteiger charge is -2.20. The first-order chi connectivity index (χ1) is 9.20. The van der Waals surface area contributed by atoms with Crippen molar-refractivity contribution in [2.75, 3.05) is 12.4 Å². The lowest BCUT2D eigenvalue weighted by molar-refractivity contribution is 0.101. The summed E-state index contributed by atoms with van der Waals surface area (Å²) in [5.41, 5.74) is 1.29. The second-order valence-corrected chi connectivity index (χ2v) is 6.34. The second kappa shape index (κ2) is 5.06. The maximum Gasteiger partial charge on any atom is 0.138 e. The highest BCUT2D eigenvalue weighted by molar-refractivity contribution is 7.18. The van der Waals surface area contributed by atoms with Crippen LogP contribution < -0.4 is 5.32 Å². The van der Waals surface area contributed by atoms with Gasteiger partial charge >= 0.3 is 0 Å². The molecular formula is C14H19N3OS. The molecule has 2 heterocycles. The highest BCUT2D eigenvalue weighted by atomic mass is 32.1. The number of hydrogen-bond acceptors (Lipinski definition) is 5. The van der Waals surface area contributed by atoms with Crippen LogP contribution in [0, 0.1) is 13.8 Å². The SMILES string of the molecule is COC1CCCC1Nc1ncnc2sc(C)c(C)c12. The summed E-state index contributed by atoms with van der Waals surface area (Å²) in [5, 5.41) is 4.74. The second-order valence-electron chi connectivity index (χ2n) is 5.14. The molecule has 0 radical (unpaired) electrons. The van der Waals surface area contributed by atoms with E-state index in [1.165, 1.54) is 22.2 Å². The summed E-state index contributed by atoms with van der Waals surface area (Å²) in [6.45, 7) is 4.28. The molecule has 4 nitrogen and oxygen atoms in total. The number of nitrogens with zero attached hydrogens (tertiary/aromatic N) is 2. The Morgan fingerprint density at radius 1 is 1.32 bits per heavy atom. The van der Waals surface area contributed by atoms with Crippen LogP contribution in [0.2, 0.25) is 0 Å². The normalized spacial score (nSPS) is 23.1. The average Bonchev–Trinajstić information content (AvgIpc) is 2.96. The zero-order valence-corrected chi connectivity index (χ0v) is 12.4. The summed E-state index contributed by atoms with van der Waals surface area (Å²) in [6, 6.07) is 0.364. The number of hydrogen-bond donors (Lipinski definition) is 1. The van der Waals surface area contributed by atoms with Crippen molar-refractivity contribution in [2.24, 2.45) is 0 Å². The molecule has 1 fully saturated rings. The van der Waals surface area contributed by atoms with Crippen LogP contribution in [-0.4, -0.2) is 29.2 Å². The molecule has 2 atom stereocenters. The van der Waals surface area contributed by atoms with E-state index in [0.717, 1.165) is 23.5 Å². The van der Waals surface area contributed by atoms with Crippen LogP contribution in [0.25, 0.3) is 10.2 Å². The van der Waals surface area contributed by atoms with E-state index in [1.807, 2.05) is 0 Å². The molecule has 102 valence electrons. The highest BCUT2D eigenvalue weighted by Gasteiger charge is 2.28. The molecule has 0 aliphatic heterocycles. The Balaban J connectivity index is 1.96. The first kappa shape index (κ1) is 12.8. The van der Waals surface area contributed by atoms with Crippen LogP contribution in [-0.2, 0) is 4.74 Å². The van der Waals surface area contributed by atoms with Crippen molar-refractivity contribution < 1.29 is 4.74 Å². The third kappa shape index (κ3) is 2.21. The van der Waals surface area contributed by atoms with E-state index in [1.54, 1.807) is 24.8 Å². The molecule has 3 rings (SSSR count). The number of anilines is 1. The molecule has 0 bridgehead atoms. The Bertz CT molecular complexity index is 596. The summed E-state index contributed by atoms with van der Waals surface area (Å²) in [5.74, 6) is 0.959. The Hall–Kier alpha value is -1.20. The molecular weight excluding hydrogens is 258 g/mol. The van der Waals surface area contributed by atoms with Crippen molar-refractivity contribution in [3.8, 4) is 0 Å². The van der Waals surface area contributed by atoms with Gasteiger partial charge in [-0.05, 0) is 38.7 Å². The van der Waals surface area contributed by atoms with E-state index >= 15 is 0 Å². The van der Waals surface area contributed by atoms with E-state index in [-0.39, 0.29) is 0 Å². The standard InChI is InChI=1S/C14H19N3OS/c1-8-9(2)19-14-12(8)13(15-7-16-14)17-10-5-4-6-11(10)18-3/h7,10-11H,4-6H2,1-3H3,(H,15,16,17). The number of methoxy groups -OCH3 is 1. The van der Waals surface area contributed by atoms with Crippen molar-refractivity contribution in [1.82, 2.24) is 9.97 Å². The minimum absolute atomic E-state index is 0.296. The number of aryl methyl sites for hydroxylation is 2. The Kier molecular flexibility index (Phi) is 3.41. The molecule has 2 aromatic heterocycles. The number of thiophene rings is 1. The molecule has 5 heteroatoms. The average molecular weight is 277 g/mol. The maximum absolute atomic E-state index is 5.54. The topological polar surface area (TPSA) is 47.0 Å². The molecule has 1 aliphatic rings. The molecule has 2 aromatic rings. The summed E-state index contributed by atoms with van der Waals surface area (Å²) < 4.78 is 5.54.